The monoisotopic (exact) mass is 234 g/mol. The maximum atomic E-state index is 11.2. The third-order valence-corrected chi connectivity index (χ3v) is 2.95. The van der Waals surface area contributed by atoms with E-state index in [1.165, 1.54) is 11.3 Å². The highest BCUT2D eigenvalue weighted by atomic mass is 32.2. The molecule has 1 aromatic heterocycles. The van der Waals surface area contributed by atoms with Crippen LogP contribution in [0.3, 0.4) is 0 Å². The molecule has 0 aliphatic carbocycles. The molecule has 0 bridgehead atoms. The van der Waals surface area contributed by atoms with Crippen LogP contribution in [0.15, 0.2) is 17.5 Å². The zero-order valence-electron chi connectivity index (χ0n) is 7.43. The summed E-state index contributed by atoms with van der Waals surface area (Å²) in [6.45, 7) is 0. The van der Waals surface area contributed by atoms with Gasteiger partial charge in [0.05, 0.1) is 6.26 Å². The molecule has 1 rings (SSSR count). The number of sulfonamides is 1. The molecule has 1 unspecified atom stereocenters. The first-order valence-electron chi connectivity index (χ1n) is 3.71. The molecule has 3 N–H and O–H groups in total. The first-order chi connectivity index (χ1) is 6.40. The smallest absolute Gasteiger partial charge is 0.255 e. The number of nitrogens with two attached hydrogens (primary N) is 1. The van der Waals surface area contributed by atoms with Crippen molar-refractivity contribution in [3.05, 3.63) is 22.4 Å². The Morgan fingerprint density at radius 2 is 2.29 bits per heavy atom. The second-order valence-electron chi connectivity index (χ2n) is 2.73. The van der Waals surface area contributed by atoms with Crippen molar-refractivity contribution < 1.29 is 13.2 Å². The molecule has 7 heteroatoms. The Labute approximate surface area is 86.0 Å². The van der Waals surface area contributed by atoms with Crippen molar-refractivity contribution in [2.45, 2.75) is 6.04 Å². The lowest BCUT2D eigenvalue weighted by Crippen LogP contribution is -2.37. The minimum absolute atomic E-state index is 0.631. The molecule has 14 heavy (non-hydrogen) atoms. The van der Waals surface area contributed by atoms with Gasteiger partial charge < -0.3 is 5.73 Å². The molecule has 0 radical (unpaired) electrons. The van der Waals surface area contributed by atoms with Crippen LogP contribution in [-0.4, -0.2) is 20.6 Å². The van der Waals surface area contributed by atoms with Gasteiger partial charge in [-0.15, -0.1) is 11.3 Å². The van der Waals surface area contributed by atoms with E-state index in [1.807, 2.05) is 4.72 Å². The highest BCUT2D eigenvalue weighted by Crippen LogP contribution is 2.16. The van der Waals surface area contributed by atoms with Crippen LogP contribution in [0.5, 0.6) is 0 Å². The highest BCUT2D eigenvalue weighted by molar-refractivity contribution is 7.89. The lowest BCUT2D eigenvalue weighted by Gasteiger charge is -2.08. The number of rotatable bonds is 3. The molecule has 0 aliphatic rings. The van der Waals surface area contributed by atoms with E-state index >= 15 is 0 Å². The van der Waals surface area contributed by atoms with Crippen molar-refractivity contribution >= 4 is 27.3 Å². The number of hydrogen-bond donors (Lipinski definition) is 2. The Bertz CT molecular complexity index is 410. The maximum absolute atomic E-state index is 11.2. The Morgan fingerprint density at radius 3 is 2.71 bits per heavy atom. The van der Waals surface area contributed by atoms with Crippen LogP contribution in [0.25, 0.3) is 0 Å². The van der Waals surface area contributed by atoms with Crippen LogP contribution in [-0.2, 0) is 14.8 Å². The van der Waals surface area contributed by atoms with Crippen LogP contribution in [0.4, 0.5) is 0 Å². The summed E-state index contributed by atoms with van der Waals surface area (Å²) in [7, 11) is -3.53. The summed E-state index contributed by atoms with van der Waals surface area (Å²) in [5.41, 5.74) is 5.52. The predicted molar refractivity (Wildman–Crippen MR) is 54.2 cm³/mol. The van der Waals surface area contributed by atoms with Gasteiger partial charge in [-0.3, -0.25) is 9.52 Å². The van der Waals surface area contributed by atoms with Crippen LogP contribution in [0, 0.1) is 0 Å². The number of carbonyl (C=O) groups excluding carboxylic acids is 1. The molecule has 78 valence electrons. The van der Waals surface area contributed by atoms with Gasteiger partial charge in [0, 0.05) is 4.88 Å². The Hall–Kier alpha value is -0.920. The zero-order chi connectivity index (χ0) is 10.8. The van der Waals surface area contributed by atoms with E-state index in [9.17, 15) is 13.2 Å². The van der Waals surface area contributed by atoms with E-state index in [1.54, 1.807) is 17.5 Å². The third kappa shape index (κ3) is 3.09. The Kier molecular flexibility index (Phi) is 3.25. The van der Waals surface area contributed by atoms with Gasteiger partial charge in [-0.05, 0) is 11.4 Å². The molecule has 1 amide bonds. The fraction of sp³-hybridized carbons (Fsp3) is 0.286. The first kappa shape index (κ1) is 11.2. The number of amides is 1. The van der Waals surface area contributed by atoms with Crippen molar-refractivity contribution in [1.29, 1.82) is 0 Å². The lowest BCUT2D eigenvalue weighted by atomic mass is 10.2. The first-order valence-corrected chi connectivity index (χ1v) is 6.48. The number of carbonyl (C=O) groups is 1. The van der Waals surface area contributed by atoms with Crippen LogP contribution < -0.4 is 10.5 Å². The van der Waals surface area contributed by atoms with Gasteiger partial charge in [-0.2, -0.15) is 0 Å². The lowest BCUT2D eigenvalue weighted by molar-refractivity contribution is -0.120. The van der Waals surface area contributed by atoms with Crippen molar-refractivity contribution in [2.24, 2.45) is 5.73 Å². The van der Waals surface area contributed by atoms with Gasteiger partial charge in [0.25, 0.3) is 5.91 Å². The molecule has 1 aromatic rings. The van der Waals surface area contributed by atoms with Gasteiger partial charge >= 0.3 is 0 Å². The summed E-state index contributed by atoms with van der Waals surface area (Å²) in [6, 6.07) is 2.50. The minimum atomic E-state index is -3.53. The number of nitrogens with one attached hydrogen (secondary N) is 1. The molecule has 5 nitrogen and oxygen atoms in total. The van der Waals surface area contributed by atoms with E-state index in [4.69, 9.17) is 5.73 Å². The van der Waals surface area contributed by atoms with Gasteiger partial charge in [-0.25, -0.2) is 8.42 Å². The summed E-state index contributed by atoms with van der Waals surface area (Å²) in [6.07, 6.45) is 0.909. The number of hydrogen-bond acceptors (Lipinski definition) is 5. The summed E-state index contributed by atoms with van der Waals surface area (Å²) in [5, 5.41) is 1.77. The molecule has 0 fully saturated rings. The average molecular weight is 234 g/mol. The fourth-order valence-electron chi connectivity index (χ4n) is 0.844. The van der Waals surface area contributed by atoms with Crippen molar-refractivity contribution in [3.8, 4) is 0 Å². The normalized spacial score (nSPS) is 13.6. The topological polar surface area (TPSA) is 89.3 Å². The molecular formula is C7H10N2O3S2. The quantitative estimate of drug-likeness (QED) is 0.759. The van der Waals surface area contributed by atoms with Gasteiger partial charge in [0.1, 0.15) is 6.04 Å². The van der Waals surface area contributed by atoms with Crippen LogP contribution in [0.1, 0.15) is 10.9 Å². The summed E-state index contributed by atoms with van der Waals surface area (Å²) >= 11 is 1.30. The highest BCUT2D eigenvalue weighted by Gasteiger charge is 2.19. The van der Waals surface area contributed by atoms with Crippen LogP contribution in [0.2, 0.25) is 0 Å². The third-order valence-electron chi connectivity index (χ3n) is 1.42. The largest absolute Gasteiger partial charge is 0.315 e. The van der Waals surface area contributed by atoms with E-state index in [0.717, 1.165) is 6.26 Å². The van der Waals surface area contributed by atoms with Crippen molar-refractivity contribution in [2.75, 3.05) is 6.26 Å². The van der Waals surface area contributed by atoms with Gasteiger partial charge in [0.2, 0.25) is 10.0 Å². The molecule has 1 heterocycles. The van der Waals surface area contributed by atoms with Gasteiger partial charge in [-0.1, -0.05) is 6.07 Å². The van der Waals surface area contributed by atoms with E-state index in [2.05, 4.69) is 0 Å². The summed E-state index contributed by atoms with van der Waals surface area (Å²) in [5.74, 6) is -0.713. The summed E-state index contributed by atoms with van der Waals surface area (Å²) < 4.78 is 23.3. The van der Waals surface area contributed by atoms with E-state index in [-0.39, 0.29) is 0 Å². The summed E-state index contributed by atoms with van der Waals surface area (Å²) in [4.78, 5) is 11.9. The zero-order valence-corrected chi connectivity index (χ0v) is 9.06. The standard InChI is InChI=1S/C7H10N2O3S2/c1-14(11,12)9-7(10)6(8)5-3-2-4-13-5/h2-4,6H,8H2,1H3,(H,9,10). The fourth-order valence-corrected chi connectivity index (χ4v) is 2.06. The van der Waals surface area contributed by atoms with E-state index in [0.29, 0.717) is 4.88 Å². The minimum Gasteiger partial charge on any atom is -0.315 e. The maximum Gasteiger partial charge on any atom is 0.255 e. The van der Waals surface area contributed by atoms with Crippen LogP contribution >= 0.6 is 11.3 Å². The van der Waals surface area contributed by atoms with Crippen molar-refractivity contribution in [1.82, 2.24) is 4.72 Å². The molecule has 0 saturated carbocycles. The second-order valence-corrected chi connectivity index (χ2v) is 5.46. The Morgan fingerprint density at radius 1 is 1.64 bits per heavy atom. The molecule has 1 atom stereocenters. The SMILES string of the molecule is CS(=O)(=O)NC(=O)C(N)c1cccs1. The molecule has 0 spiro atoms. The molecule has 0 saturated heterocycles. The van der Waals surface area contributed by atoms with Gasteiger partial charge in [0.15, 0.2) is 0 Å². The molecular weight excluding hydrogens is 224 g/mol. The van der Waals surface area contributed by atoms with Crippen molar-refractivity contribution in [3.63, 3.8) is 0 Å². The predicted octanol–water partition coefficient (Wildman–Crippen LogP) is -0.176. The average Bonchev–Trinajstić information content (AvgIpc) is 2.51. The Balaban J connectivity index is 2.72. The second kappa shape index (κ2) is 4.07. The molecule has 0 aliphatic heterocycles. The molecule has 0 aromatic carbocycles. The number of thiophene rings is 1. The van der Waals surface area contributed by atoms with E-state index < -0.39 is 22.0 Å².